The Bertz CT molecular complexity index is 305. The summed E-state index contributed by atoms with van der Waals surface area (Å²) < 4.78 is 5.07. The van der Waals surface area contributed by atoms with Crippen molar-refractivity contribution in [2.75, 3.05) is 7.11 Å². The molecule has 0 aliphatic heterocycles. The third kappa shape index (κ3) is 3.98. The van der Waals surface area contributed by atoms with E-state index in [1.54, 1.807) is 19.2 Å². The number of nitrogens with two attached hydrogens (primary N) is 1. The van der Waals surface area contributed by atoms with Gasteiger partial charge in [0.1, 0.15) is 11.5 Å². The zero-order valence-electron chi connectivity index (χ0n) is 9.06. The van der Waals surface area contributed by atoms with Crippen molar-refractivity contribution in [1.29, 1.82) is 0 Å². The SMILES string of the molecule is CCC(N)Cc1cc(OC)ccc1O.Cl. The van der Waals surface area contributed by atoms with E-state index in [9.17, 15) is 5.11 Å². The number of benzene rings is 1. The maximum atomic E-state index is 9.56. The summed E-state index contributed by atoms with van der Waals surface area (Å²) in [7, 11) is 1.61. The van der Waals surface area contributed by atoms with Gasteiger partial charge in [-0.05, 0) is 36.6 Å². The van der Waals surface area contributed by atoms with Gasteiger partial charge in [-0.1, -0.05) is 6.92 Å². The van der Waals surface area contributed by atoms with E-state index < -0.39 is 0 Å². The Morgan fingerprint density at radius 2 is 2.13 bits per heavy atom. The minimum Gasteiger partial charge on any atom is -0.508 e. The van der Waals surface area contributed by atoms with E-state index >= 15 is 0 Å². The van der Waals surface area contributed by atoms with Crippen LogP contribution in [0.1, 0.15) is 18.9 Å². The van der Waals surface area contributed by atoms with Gasteiger partial charge in [0.05, 0.1) is 7.11 Å². The van der Waals surface area contributed by atoms with E-state index in [-0.39, 0.29) is 24.2 Å². The van der Waals surface area contributed by atoms with Crippen LogP contribution in [0, 0.1) is 0 Å². The van der Waals surface area contributed by atoms with Crippen LogP contribution in [0.4, 0.5) is 0 Å². The van der Waals surface area contributed by atoms with Crippen molar-refractivity contribution in [3.63, 3.8) is 0 Å². The van der Waals surface area contributed by atoms with Gasteiger partial charge in [-0.15, -0.1) is 12.4 Å². The van der Waals surface area contributed by atoms with E-state index in [4.69, 9.17) is 10.5 Å². The Balaban J connectivity index is 0.00000196. The van der Waals surface area contributed by atoms with Crippen LogP contribution < -0.4 is 10.5 Å². The lowest BCUT2D eigenvalue weighted by Crippen LogP contribution is -2.21. The topological polar surface area (TPSA) is 55.5 Å². The van der Waals surface area contributed by atoms with Crippen molar-refractivity contribution in [3.05, 3.63) is 23.8 Å². The molecule has 1 atom stereocenters. The van der Waals surface area contributed by atoms with Gasteiger partial charge in [0, 0.05) is 6.04 Å². The summed E-state index contributed by atoms with van der Waals surface area (Å²) in [6.07, 6.45) is 1.58. The van der Waals surface area contributed by atoms with Gasteiger partial charge in [-0.25, -0.2) is 0 Å². The quantitative estimate of drug-likeness (QED) is 0.835. The van der Waals surface area contributed by atoms with E-state index in [1.807, 2.05) is 13.0 Å². The predicted molar refractivity (Wildman–Crippen MR) is 63.9 cm³/mol. The Morgan fingerprint density at radius 1 is 1.47 bits per heavy atom. The van der Waals surface area contributed by atoms with Crippen molar-refractivity contribution in [1.82, 2.24) is 0 Å². The third-order valence-corrected chi connectivity index (χ3v) is 2.29. The third-order valence-electron chi connectivity index (χ3n) is 2.29. The molecule has 86 valence electrons. The molecule has 3 N–H and O–H groups in total. The lowest BCUT2D eigenvalue weighted by atomic mass is 10.0. The van der Waals surface area contributed by atoms with Gasteiger partial charge in [0.25, 0.3) is 0 Å². The zero-order valence-corrected chi connectivity index (χ0v) is 9.88. The molecule has 0 bridgehead atoms. The number of phenols is 1. The minimum absolute atomic E-state index is 0. The Morgan fingerprint density at radius 3 is 2.67 bits per heavy atom. The largest absolute Gasteiger partial charge is 0.508 e. The predicted octanol–water partition coefficient (Wildman–Crippen LogP) is 2.10. The Kier molecular flexibility index (Phi) is 6.13. The first-order valence-electron chi connectivity index (χ1n) is 4.78. The van der Waals surface area contributed by atoms with Crippen LogP contribution in [0.5, 0.6) is 11.5 Å². The molecule has 0 fully saturated rings. The highest BCUT2D eigenvalue weighted by Gasteiger charge is 2.07. The average Bonchev–Trinajstić information content (AvgIpc) is 2.21. The maximum absolute atomic E-state index is 9.56. The van der Waals surface area contributed by atoms with Crippen LogP contribution in [0.25, 0.3) is 0 Å². The summed E-state index contributed by atoms with van der Waals surface area (Å²) in [5.41, 5.74) is 6.66. The van der Waals surface area contributed by atoms with Gasteiger partial charge in [-0.2, -0.15) is 0 Å². The number of aromatic hydroxyl groups is 1. The van der Waals surface area contributed by atoms with Crippen molar-refractivity contribution >= 4 is 12.4 Å². The fourth-order valence-electron chi connectivity index (χ4n) is 1.28. The molecule has 1 rings (SSSR count). The van der Waals surface area contributed by atoms with E-state index in [0.717, 1.165) is 17.7 Å². The minimum atomic E-state index is 0. The second-order valence-corrected chi connectivity index (χ2v) is 3.37. The highest BCUT2D eigenvalue weighted by molar-refractivity contribution is 5.85. The van der Waals surface area contributed by atoms with E-state index in [0.29, 0.717) is 6.42 Å². The van der Waals surface area contributed by atoms with Gasteiger partial charge in [-0.3, -0.25) is 0 Å². The number of halogens is 1. The van der Waals surface area contributed by atoms with Crippen molar-refractivity contribution < 1.29 is 9.84 Å². The van der Waals surface area contributed by atoms with Crippen LogP contribution >= 0.6 is 12.4 Å². The van der Waals surface area contributed by atoms with Gasteiger partial charge in [0.15, 0.2) is 0 Å². The molecular weight excluding hydrogens is 214 g/mol. The molecule has 0 aromatic heterocycles. The van der Waals surface area contributed by atoms with Crippen molar-refractivity contribution in [2.24, 2.45) is 5.73 Å². The first-order valence-corrected chi connectivity index (χ1v) is 4.78. The summed E-state index contributed by atoms with van der Waals surface area (Å²) in [4.78, 5) is 0. The molecule has 0 aliphatic rings. The molecule has 1 aromatic rings. The molecule has 4 heteroatoms. The maximum Gasteiger partial charge on any atom is 0.119 e. The van der Waals surface area contributed by atoms with Crippen LogP contribution in [0.15, 0.2) is 18.2 Å². The summed E-state index contributed by atoms with van der Waals surface area (Å²) in [6, 6.07) is 5.28. The number of rotatable bonds is 4. The second-order valence-electron chi connectivity index (χ2n) is 3.37. The standard InChI is InChI=1S/C11H17NO2.ClH/c1-3-9(12)6-8-7-10(14-2)4-5-11(8)13;/h4-5,7,9,13H,3,6,12H2,1-2H3;1H. The van der Waals surface area contributed by atoms with Gasteiger partial charge in [0.2, 0.25) is 0 Å². The number of methoxy groups -OCH3 is 1. The number of hydrogen-bond donors (Lipinski definition) is 2. The lowest BCUT2D eigenvalue weighted by Gasteiger charge is -2.11. The molecule has 1 aromatic carbocycles. The number of phenolic OH excluding ortho intramolecular Hbond substituents is 1. The Hall–Kier alpha value is -0.930. The van der Waals surface area contributed by atoms with E-state index in [1.165, 1.54) is 0 Å². The summed E-state index contributed by atoms with van der Waals surface area (Å²) in [5, 5.41) is 9.56. The van der Waals surface area contributed by atoms with Gasteiger partial charge < -0.3 is 15.6 Å². The fraction of sp³-hybridized carbons (Fsp3) is 0.455. The lowest BCUT2D eigenvalue weighted by molar-refractivity contribution is 0.410. The monoisotopic (exact) mass is 231 g/mol. The zero-order chi connectivity index (χ0) is 10.6. The molecule has 0 spiro atoms. The van der Waals surface area contributed by atoms with Crippen molar-refractivity contribution in [2.45, 2.75) is 25.8 Å². The smallest absolute Gasteiger partial charge is 0.119 e. The second kappa shape index (κ2) is 6.53. The molecule has 0 saturated carbocycles. The van der Waals surface area contributed by atoms with Crippen LogP contribution in [0.3, 0.4) is 0 Å². The molecule has 0 saturated heterocycles. The first kappa shape index (κ1) is 14.1. The molecule has 0 radical (unpaired) electrons. The first-order chi connectivity index (χ1) is 6.67. The molecule has 0 heterocycles. The van der Waals surface area contributed by atoms with Crippen LogP contribution in [0.2, 0.25) is 0 Å². The molecule has 15 heavy (non-hydrogen) atoms. The van der Waals surface area contributed by atoms with Crippen LogP contribution in [-0.4, -0.2) is 18.3 Å². The van der Waals surface area contributed by atoms with E-state index in [2.05, 4.69) is 0 Å². The van der Waals surface area contributed by atoms with Crippen molar-refractivity contribution in [3.8, 4) is 11.5 Å². The van der Waals surface area contributed by atoms with Crippen LogP contribution in [-0.2, 0) is 6.42 Å². The molecule has 1 unspecified atom stereocenters. The highest BCUT2D eigenvalue weighted by atomic mass is 35.5. The summed E-state index contributed by atoms with van der Waals surface area (Å²) >= 11 is 0. The molecule has 3 nitrogen and oxygen atoms in total. The molecule has 0 amide bonds. The molecular formula is C11H18ClNO2. The normalized spacial score (nSPS) is 11.7. The summed E-state index contributed by atoms with van der Waals surface area (Å²) in [5.74, 6) is 1.04. The Labute approximate surface area is 96.7 Å². The number of hydrogen-bond acceptors (Lipinski definition) is 3. The van der Waals surface area contributed by atoms with Gasteiger partial charge >= 0.3 is 0 Å². The average molecular weight is 232 g/mol. The highest BCUT2D eigenvalue weighted by Crippen LogP contribution is 2.23. The number of ether oxygens (including phenoxy) is 1. The molecule has 0 aliphatic carbocycles. The fourth-order valence-corrected chi connectivity index (χ4v) is 1.28. The summed E-state index contributed by atoms with van der Waals surface area (Å²) in [6.45, 7) is 2.03.